The first-order valence-corrected chi connectivity index (χ1v) is 6.10. The molecule has 0 atom stereocenters. The SMILES string of the molecule is Cn1cc(CNC(=O)c2ccc(Br)cc2O)cn1. The maximum absolute atomic E-state index is 11.8. The van der Waals surface area contributed by atoms with Gasteiger partial charge in [-0.2, -0.15) is 5.10 Å². The molecule has 1 aromatic heterocycles. The van der Waals surface area contributed by atoms with E-state index in [1.54, 1.807) is 23.0 Å². The summed E-state index contributed by atoms with van der Waals surface area (Å²) >= 11 is 3.22. The van der Waals surface area contributed by atoms with Crippen LogP contribution in [0.2, 0.25) is 0 Å². The van der Waals surface area contributed by atoms with Gasteiger partial charge in [0.1, 0.15) is 5.75 Å². The van der Waals surface area contributed by atoms with Crippen molar-refractivity contribution >= 4 is 21.8 Å². The molecule has 1 heterocycles. The first kappa shape index (κ1) is 12.6. The van der Waals surface area contributed by atoms with E-state index >= 15 is 0 Å². The number of aromatic nitrogens is 2. The van der Waals surface area contributed by atoms with Crippen molar-refractivity contribution in [1.29, 1.82) is 0 Å². The van der Waals surface area contributed by atoms with Gasteiger partial charge in [0.05, 0.1) is 11.8 Å². The Labute approximate surface area is 113 Å². The summed E-state index contributed by atoms with van der Waals surface area (Å²) in [5.41, 5.74) is 1.16. The molecule has 0 aliphatic heterocycles. The molecule has 18 heavy (non-hydrogen) atoms. The zero-order chi connectivity index (χ0) is 13.1. The number of nitrogens with zero attached hydrogens (tertiary/aromatic N) is 2. The Morgan fingerprint density at radius 1 is 1.56 bits per heavy atom. The minimum atomic E-state index is -0.316. The number of hydrogen-bond acceptors (Lipinski definition) is 3. The zero-order valence-electron chi connectivity index (χ0n) is 9.72. The average Bonchev–Trinajstić information content (AvgIpc) is 2.72. The quantitative estimate of drug-likeness (QED) is 0.909. The smallest absolute Gasteiger partial charge is 0.255 e. The maximum atomic E-state index is 11.8. The minimum absolute atomic E-state index is 0.0481. The Morgan fingerprint density at radius 2 is 2.33 bits per heavy atom. The molecule has 1 amide bonds. The molecule has 0 saturated heterocycles. The lowest BCUT2D eigenvalue weighted by atomic mass is 10.2. The Kier molecular flexibility index (Phi) is 3.66. The number of aromatic hydroxyl groups is 1. The van der Waals surface area contributed by atoms with Crippen molar-refractivity contribution < 1.29 is 9.90 Å². The van der Waals surface area contributed by atoms with Crippen molar-refractivity contribution in [3.8, 4) is 5.75 Å². The number of benzene rings is 1. The van der Waals surface area contributed by atoms with E-state index in [4.69, 9.17) is 0 Å². The van der Waals surface area contributed by atoms with Gasteiger partial charge < -0.3 is 10.4 Å². The van der Waals surface area contributed by atoms with Gasteiger partial charge in [0, 0.05) is 29.8 Å². The first-order chi connectivity index (χ1) is 8.56. The molecular formula is C12H12BrN3O2. The summed E-state index contributed by atoms with van der Waals surface area (Å²) in [6.45, 7) is 0.377. The molecule has 1 aromatic carbocycles. The van der Waals surface area contributed by atoms with Crippen LogP contribution in [0.1, 0.15) is 15.9 Å². The number of phenols is 1. The van der Waals surface area contributed by atoms with Gasteiger partial charge in [-0.3, -0.25) is 9.48 Å². The number of amides is 1. The van der Waals surface area contributed by atoms with Crippen LogP contribution in [0.4, 0.5) is 0 Å². The summed E-state index contributed by atoms with van der Waals surface area (Å²) in [7, 11) is 1.81. The predicted molar refractivity (Wildman–Crippen MR) is 70.2 cm³/mol. The molecule has 2 rings (SSSR count). The summed E-state index contributed by atoms with van der Waals surface area (Å²) in [4.78, 5) is 11.8. The number of halogens is 1. The molecule has 0 radical (unpaired) electrons. The summed E-state index contributed by atoms with van der Waals surface area (Å²) < 4.78 is 2.39. The Bertz CT molecular complexity index is 580. The maximum Gasteiger partial charge on any atom is 0.255 e. The third-order valence-electron chi connectivity index (χ3n) is 2.42. The highest BCUT2D eigenvalue weighted by atomic mass is 79.9. The summed E-state index contributed by atoms with van der Waals surface area (Å²) in [6.07, 6.45) is 3.50. The van der Waals surface area contributed by atoms with Crippen LogP contribution in [0.15, 0.2) is 35.1 Å². The van der Waals surface area contributed by atoms with Crippen molar-refractivity contribution in [2.45, 2.75) is 6.54 Å². The van der Waals surface area contributed by atoms with Crippen LogP contribution in [0.25, 0.3) is 0 Å². The Balaban J connectivity index is 2.03. The lowest BCUT2D eigenvalue weighted by Crippen LogP contribution is -2.22. The lowest BCUT2D eigenvalue weighted by molar-refractivity contribution is 0.0948. The van der Waals surface area contributed by atoms with Gasteiger partial charge >= 0.3 is 0 Å². The van der Waals surface area contributed by atoms with E-state index in [1.165, 1.54) is 6.07 Å². The van der Waals surface area contributed by atoms with E-state index < -0.39 is 0 Å². The molecule has 0 bridgehead atoms. The van der Waals surface area contributed by atoms with E-state index in [9.17, 15) is 9.90 Å². The van der Waals surface area contributed by atoms with Crippen molar-refractivity contribution in [2.24, 2.45) is 7.05 Å². The molecule has 5 nitrogen and oxygen atoms in total. The predicted octanol–water partition coefficient (Wildman–Crippen LogP) is 1.82. The summed E-state index contributed by atoms with van der Waals surface area (Å²) in [5, 5.41) is 16.4. The summed E-state index contributed by atoms with van der Waals surface area (Å²) in [6, 6.07) is 4.76. The average molecular weight is 310 g/mol. The molecule has 0 fully saturated rings. The van der Waals surface area contributed by atoms with E-state index in [-0.39, 0.29) is 17.2 Å². The van der Waals surface area contributed by atoms with E-state index in [0.29, 0.717) is 6.54 Å². The largest absolute Gasteiger partial charge is 0.507 e. The molecule has 0 aliphatic carbocycles. The minimum Gasteiger partial charge on any atom is -0.507 e. The fourth-order valence-electron chi connectivity index (χ4n) is 1.54. The highest BCUT2D eigenvalue weighted by Gasteiger charge is 2.11. The number of carbonyl (C=O) groups excluding carboxylic acids is 1. The van der Waals surface area contributed by atoms with Crippen LogP contribution in [-0.4, -0.2) is 20.8 Å². The van der Waals surface area contributed by atoms with Gasteiger partial charge in [-0.15, -0.1) is 0 Å². The van der Waals surface area contributed by atoms with Gasteiger partial charge in [0.15, 0.2) is 0 Å². The molecular weight excluding hydrogens is 298 g/mol. The molecule has 2 N–H and O–H groups in total. The van der Waals surface area contributed by atoms with Crippen molar-refractivity contribution in [3.05, 3.63) is 46.2 Å². The third-order valence-corrected chi connectivity index (χ3v) is 2.91. The second-order valence-electron chi connectivity index (χ2n) is 3.87. The number of carbonyl (C=O) groups is 1. The molecule has 0 saturated carbocycles. The number of rotatable bonds is 3. The molecule has 94 valence electrons. The van der Waals surface area contributed by atoms with Gasteiger partial charge in [-0.1, -0.05) is 15.9 Å². The van der Waals surface area contributed by atoms with Gasteiger partial charge in [0.25, 0.3) is 5.91 Å². The van der Waals surface area contributed by atoms with E-state index in [1.807, 2.05) is 13.2 Å². The van der Waals surface area contributed by atoms with E-state index in [2.05, 4.69) is 26.3 Å². The second kappa shape index (κ2) is 5.22. The zero-order valence-corrected chi connectivity index (χ0v) is 11.3. The molecule has 0 spiro atoms. The van der Waals surface area contributed by atoms with Crippen LogP contribution in [0.5, 0.6) is 5.75 Å². The number of nitrogens with one attached hydrogen (secondary N) is 1. The monoisotopic (exact) mass is 309 g/mol. The highest BCUT2D eigenvalue weighted by Crippen LogP contribution is 2.22. The first-order valence-electron chi connectivity index (χ1n) is 5.30. The van der Waals surface area contributed by atoms with Crippen molar-refractivity contribution in [1.82, 2.24) is 15.1 Å². The van der Waals surface area contributed by atoms with Gasteiger partial charge in [-0.25, -0.2) is 0 Å². The van der Waals surface area contributed by atoms with Crippen molar-refractivity contribution in [2.75, 3.05) is 0 Å². The second-order valence-corrected chi connectivity index (χ2v) is 4.78. The van der Waals surface area contributed by atoms with Crippen LogP contribution < -0.4 is 5.32 Å². The number of hydrogen-bond donors (Lipinski definition) is 2. The van der Waals surface area contributed by atoms with Crippen LogP contribution in [0, 0.1) is 0 Å². The van der Waals surface area contributed by atoms with E-state index in [0.717, 1.165) is 10.0 Å². The van der Waals surface area contributed by atoms with Gasteiger partial charge in [-0.05, 0) is 18.2 Å². The third kappa shape index (κ3) is 2.89. The van der Waals surface area contributed by atoms with Crippen LogP contribution in [-0.2, 0) is 13.6 Å². The number of aryl methyl sites for hydroxylation is 1. The molecule has 0 unspecified atom stereocenters. The lowest BCUT2D eigenvalue weighted by Gasteiger charge is -2.05. The Hall–Kier alpha value is -1.82. The van der Waals surface area contributed by atoms with Gasteiger partial charge in [0.2, 0.25) is 0 Å². The topological polar surface area (TPSA) is 67.2 Å². The van der Waals surface area contributed by atoms with Crippen LogP contribution in [0.3, 0.4) is 0 Å². The molecule has 0 aliphatic rings. The van der Waals surface area contributed by atoms with Crippen LogP contribution >= 0.6 is 15.9 Å². The molecule has 6 heteroatoms. The normalized spacial score (nSPS) is 10.3. The fourth-order valence-corrected chi connectivity index (χ4v) is 1.89. The summed E-state index contributed by atoms with van der Waals surface area (Å²) in [5.74, 6) is -0.364. The number of phenolic OH excluding ortho intramolecular Hbond substituents is 1. The fraction of sp³-hybridized carbons (Fsp3) is 0.167. The standard InChI is InChI=1S/C12H12BrN3O2/c1-16-7-8(6-15-16)5-14-12(18)10-3-2-9(13)4-11(10)17/h2-4,6-7,17H,5H2,1H3,(H,14,18). The van der Waals surface area contributed by atoms with Crippen molar-refractivity contribution in [3.63, 3.8) is 0 Å². The highest BCUT2D eigenvalue weighted by molar-refractivity contribution is 9.10. The molecule has 2 aromatic rings. The Morgan fingerprint density at radius 3 is 2.94 bits per heavy atom.